The van der Waals surface area contributed by atoms with E-state index in [9.17, 15) is 4.79 Å². The van der Waals surface area contributed by atoms with Crippen molar-refractivity contribution in [3.63, 3.8) is 0 Å². The zero-order chi connectivity index (χ0) is 14.5. The van der Waals surface area contributed by atoms with Crippen LogP contribution >= 0.6 is 11.3 Å². The van der Waals surface area contributed by atoms with Crippen molar-refractivity contribution < 1.29 is 4.79 Å². The van der Waals surface area contributed by atoms with Crippen molar-refractivity contribution >= 4 is 33.1 Å². The van der Waals surface area contributed by atoms with Crippen molar-refractivity contribution in [2.45, 2.75) is 27.2 Å². The Hall–Kier alpha value is -1.62. The summed E-state index contributed by atoms with van der Waals surface area (Å²) < 4.78 is 0. The fourth-order valence-corrected chi connectivity index (χ4v) is 3.53. The van der Waals surface area contributed by atoms with Crippen molar-refractivity contribution in [3.05, 3.63) is 22.7 Å². The molecule has 0 aliphatic heterocycles. The number of thiophene rings is 1. The number of fused-ring (bicyclic) bond motifs is 1. The predicted molar refractivity (Wildman–Crippen MR) is 83.0 cm³/mol. The molecule has 0 saturated heterocycles. The van der Waals surface area contributed by atoms with Gasteiger partial charge in [0, 0.05) is 17.6 Å². The van der Waals surface area contributed by atoms with E-state index in [1.165, 1.54) is 17.8 Å². The van der Waals surface area contributed by atoms with Gasteiger partial charge in [0.1, 0.15) is 9.71 Å². The first-order valence-electron chi connectivity index (χ1n) is 6.82. The van der Waals surface area contributed by atoms with E-state index in [2.05, 4.69) is 24.1 Å². The smallest absolute Gasteiger partial charge is 0.263 e. The monoisotopic (exact) mass is 289 g/mol. The third-order valence-corrected chi connectivity index (χ3v) is 5.28. The van der Waals surface area contributed by atoms with Gasteiger partial charge in [0.25, 0.3) is 5.91 Å². The van der Waals surface area contributed by atoms with Gasteiger partial charge < -0.3 is 11.1 Å². The summed E-state index contributed by atoms with van der Waals surface area (Å²) in [7, 11) is 0. The summed E-state index contributed by atoms with van der Waals surface area (Å²) in [6.07, 6.45) is 1.18. The van der Waals surface area contributed by atoms with Gasteiger partial charge in [-0.3, -0.25) is 4.79 Å². The number of pyridine rings is 1. The zero-order valence-corrected chi connectivity index (χ0v) is 12.8. The average molecular weight is 289 g/mol. The molecule has 2 aromatic heterocycles. The normalized spacial score (nSPS) is 20.1. The van der Waals surface area contributed by atoms with E-state index in [-0.39, 0.29) is 5.91 Å². The van der Waals surface area contributed by atoms with Gasteiger partial charge in [-0.05, 0) is 36.8 Å². The molecule has 106 valence electrons. The summed E-state index contributed by atoms with van der Waals surface area (Å²) in [5.74, 6) is 0.508. The van der Waals surface area contributed by atoms with Crippen LogP contribution in [0.4, 0.5) is 5.69 Å². The van der Waals surface area contributed by atoms with Crippen LogP contribution in [0.3, 0.4) is 0 Å². The van der Waals surface area contributed by atoms with E-state index in [4.69, 9.17) is 5.73 Å². The van der Waals surface area contributed by atoms with Gasteiger partial charge in [0.05, 0.1) is 5.69 Å². The fraction of sp³-hybridized carbons (Fsp3) is 0.467. The Morgan fingerprint density at radius 2 is 2.25 bits per heavy atom. The number of nitrogens with one attached hydrogen (secondary N) is 1. The predicted octanol–water partition coefficient (Wildman–Crippen LogP) is 2.96. The largest absolute Gasteiger partial charge is 0.397 e. The molecule has 2 aromatic rings. The lowest BCUT2D eigenvalue weighted by atomic mass is 10.1. The number of rotatable bonds is 3. The minimum atomic E-state index is -0.0779. The minimum absolute atomic E-state index is 0.0779. The molecule has 5 heteroatoms. The molecule has 2 heterocycles. The SMILES string of the molecule is Cc1ccc2c(N)c(C(=O)NCC3CC3(C)C)sc2n1. The molecule has 3 rings (SSSR count). The summed E-state index contributed by atoms with van der Waals surface area (Å²) in [6.45, 7) is 7.12. The third kappa shape index (κ3) is 2.26. The quantitative estimate of drug-likeness (QED) is 0.912. The Balaban J connectivity index is 1.79. The molecule has 3 N–H and O–H groups in total. The lowest BCUT2D eigenvalue weighted by Gasteiger charge is -2.05. The zero-order valence-electron chi connectivity index (χ0n) is 12.0. The first-order chi connectivity index (χ1) is 9.38. The minimum Gasteiger partial charge on any atom is -0.397 e. The highest BCUT2D eigenvalue weighted by Gasteiger charge is 2.45. The molecule has 1 fully saturated rings. The summed E-state index contributed by atoms with van der Waals surface area (Å²) in [6, 6.07) is 3.85. The van der Waals surface area contributed by atoms with Crippen molar-refractivity contribution in [1.82, 2.24) is 10.3 Å². The number of carbonyl (C=O) groups is 1. The Kier molecular flexibility index (Phi) is 2.97. The van der Waals surface area contributed by atoms with E-state index in [1.54, 1.807) is 0 Å². The molecule has 1 unspecified atom stereocenters. The molecule has 0 radical (unpaired) electrons. The number of nitrogens with zero attached hydrogens (tertiary/aromatic N) is 1. The Morgan fingerprint density at radius 1 is 1.55 bits per heavy atom. The van der Waals surface area contributed by atoms with Crippen molar-refractivity contribution in [2.75, 3.05) is 12.3 Å². The van der Waals surface area contributed by atoms with E-state index in [0.29, 0.717) is 21.9 Å². The maximum Gasteiger partial charge on any atom is 0.263 e. The van der Waals surface area contributed by atoms with Crippen molar-refractivity contribution in [2.24, 2.45) is 11.3 Å². The molecule has 1 amide bonds. The second-order valence-electron chi connectivity index (χ2n) is 6.25. The fourth-order valence-electron chi connectivity index (χ4n) is 2.48. The number of aromatic nitrogens is 1. The molecule has 20 heavy (non-hydrogen) atoms. The number of nitrogen functional groups attached to an aromatic ring is 1. The summed E-state index contributed by atoms with van der Waals surface area (Å²) >= 11 is 1.37. The molecule has 1 aliphatic rings. The number of carbonyl (C=O) groups excluding carboxylic acids is 1. The molecule has 1 atom stereocenters. The maximum absolute atomic E-state index is 12.3. The van der Waals surface area contributed by atoms with Gasteiger partial charge in [-0.15, -0.1) is 11.3 Å². The molecular formula is C15H19N3OS. The second kappa shape index (κ2) is 4.45. The van der Waals surface area contributed by atoms with Gasteiger partial charge >= 0.3 is 0 Å². The van der Waals surface area contributed by atoms with Crippen LogP contribution in [0.1, 0.15) is 35.6 Å². The summed E-state index contributed by atoms with van der Waals surface area (Å²) in [4.78, 5) is 18.1. The van der Waals surface area contributed by atoms with E-state index < -0.39 is 0 Å². The van der Waals surface area contributed by atoms with Crippen molar-refractivity contribution in [1.29, 1.82) is 0 Å². The van der Waals surface area contributed by atoms with Crippen LogP contribution < -0.4 is 11.1 Å². The Labute approximate surface area is 122 Å². The first kappa shape index (κ1) is 13.4. The van der Waals surface area contributed by atoms with E-state index >= 15 is 0 Å². The van der Waals surface area contributed by atoms with Crippen molar-refractivity contribution in [3.8, 4) is 0 Å². The van der Waals surface area contributed by atoms with Crippen LogP contribution in [0.2, 0.25) is 0 Å². The number of aryl methyl sites for hydroxylation is 1. The molecule has 0 bridgehead atoms. The van der Waals surface area contributed by atoms with Crippen LogP contribution in [-0.2, 0) is 0 Å². The van der Waals surface area contributed by atoms with E-state index in [0.717, 1.165) is 22.5 Å². The number of hydrogen-bond donors (Lipinski definition) is 2. The lowest BCUT2D eigenvalue weighted by molar-refractivity contribution is 0.0955. The maximum atomic E-state index is 12.3. The van der Waals surface area contributed by atoms with Gasteiger partial charge in [0.2, 0.25) is 0 Å². The molecular weight excluding hydrogens is 270 g/mol. The summed E-state index contributed by atoms with van der Waals surface area (Å²) in [5, 5.41) is 3.87. The number of hydrogen-bond acceptors (Lipinski definition) is 4. The summed E-state index contributed by atoms with van der Waals surface area (Å²) in [5.41, 5.74) is 7.93. The second-order valence-corrected chi connectivity index (χ2v) is 7.25. The molecule has 0 aromatic carbocycles. The van der Waals surface area contributed by atoms with Gasteiger partial charge in [-0.25, -0.2) is 4.98 Å². The Morgan fingerprint density at radius 3 is 2.90 bits per heavy atom. The van der Waals surface area contributed by atoms with E-state index in [1.807, 2.05) is 19.1 Å². The number of amides is 1. The standard InChI is InChI=1S/C15H19N3OS/c1-8-4-5-10-11(16)12(20-14(10)18-8)13(19)17-7-9-6-15(9,2)3/h4-5,9H,6-7,16H2,1-3H3,(H,17,19). The average Bonchev–Trinajstić information content (AvgIpc) is 2.86. The van der Waals surface area contributed by atoms with Crippen LogP contribution in [0.25, 0.3) is 10.2 Å². The highest BCUT2D eigenvalue weighted by atomic mass is 32.1. The highest BCUT2D eigenvalue weighted by molar-refractivity contribution is 7.21. The van der Waals surface area contributed by atoms with Crippen LogP contribution in [0, 0.1) is 18.3 Å². The number of anilines is 1. The molecule has 1 aliphatic carbocycles. The topological polar surface area (TPSA) is 68.0 Å². The van der Waals surface area contributed by atoms with Crippen LogP contribution in [0.15, 0.2) is 12.1 Å². The van der Waals surface area contributed by atoms with Gasteiger partial charge in [-0.2, -0.15) is 0 Å². The Bertz CT molecular complexity index is 690. The molecule has 0 spiro atoms. The van der Waals surface area contributed by atoms with Crippen LogP contribution in [0.5, 0.6) is 0 Å². The van der Waals surface area contributed by atoms with Gasteiger partial charge in [-0.1, -0.05) is 13.8 Å². The third-order valence-electron chi connectivity index (χ3n) is 4.17. The molecule has 4 nitrogen and oxygen atoms in total. The lowest BCUT2D eigenvalue weighted by Crippen LogP contribution is -2.26. The van der Waals surface area contributed by atoms with Gasteiger partial charge in [0.15, 0.2) is 0 Å². The first-order valence-corrected chi connectivity index (χ1v) is 7.64. The molecule has 1 saturated carbocycles. The van der Waals surface area contributed by atoms with Crippen LogP contribution in [-0.4, -0.2) is 17.4 Å². The number of nitrogens with two attached hydrogens (primary N) is 1. The highest BCUT2D eigenvalue weighted by Crippen LogP contribution is 2.51.